The highest BCUT2D eigenvalue weighted by molar-refractivity contribution is 9.10. The largest absolute Gasteiger partial charge is 0.481 e. The molecule has 2 aromatic rings. The predicted octanol–water partition coefficient (Wildman–Crippen LogP) is 3.48. The van der Waals surface area contributed by atoms with Crippen LogP contribution in [0.2, 0.25) is 0 Å². The number of aryl methyl sites for hydroxylation is 1. The first-order valence-corrected chi connectivity index (χ1v) is 7.17. The van der Waals surface area contributed by atoms with Crippen LogP contribution in [-0.4, -0.2) is 18.1 Å². The van der Waals surface area contributed by atoms with Gasteiger partial charge in [0.25, 0.3) is 0 Å². The Labute approximate surface area is 131 Å². The number of methoxy groups -OCH3 is 1. The van der Waals surface area contributed by atoms with Gasteiger partial charge in [0, 0.05) is 29.0 Å². The molecule has 0 unspecified atom stereocenters. The molecule has 5 nitrogen and oxygen atoms in total. The van der Waals surface area contributed by atoms with E-state index in [1.165, 1.54) is 0 Å². The topological polar surface area (TPSA) is 63.2 Å². The number of halogens is 1. The van der Waals surface area contributed by atoms with E-state index in [1.54, 1.807) is 19.4 Å². The van der Waals surface area contributed by atoms with E-state index in [4.69, 9.17) is 4.74 Å². The molecule has 6 heteroatoms. The summed E-state index contributed by atoms with van der Waals surface area (Å²) in [6.07, 6.45) is 1.67. The average molecular weight is 350 g/mol. The van der Waals surface area contributed by atoms with Crippen LogP contribution >= 0.6 is 15.9 Å². The van der Waals surface area contributed by atoms with E-state index in [1.807, 2.05) is 31.2 Å². The number of nitrogens with zero attached hydrogens (tertiary/aromatic N) is 1. The fourth-order valence-electron chi connectivity index (χ4n) is 1.66. The van der Waals surface area contributed by atoms with Crippen LogP contribution in [0.5, 0.6) is 5.88 Å². The normalized spacial score (nSPS) is 10.0. The summed E-state index contributed by atoms with van der Waals surface area (Å²) < 4.78 is 5.94. The number of hydrogen-bond donors (Lipinski definition) is 2. The van der Waals surface area contributed by atoms with Crippen LogP contribution in [0.3, 0.4) is 0 Å². The van der Waals surface area contributed by atoms with Crippen molar-refractivity contribution in [2.24, 2.45) is 0 Å². The molecule has 1 heterocycles. The summed E-state index contributed by atoms with van der Waals surface area (Å²) in [5.74, 6) is 0.549. The van der Waals surface area contributed by atoms with Crippen LogP contribution in [-0.2, 0) is 6.54 Å². The van der Waals surface area contributed by atoms with E-state index < -0.39 is 0 Å². The van der Waals surface area contributed by atoms with Gasteiger partial charge in [-0.15, -0.1) is 0 Å². The minimum Gasteiger partial charge on any atom is -0.481 e. The molecule has 0 radical (unpaired) electrons. The Morgan fingerprint density at radius 3 is 2.76 bits per heavy atom. The fraction of sp³-hybridized carbons (Fsp3) is 0.200. The molecular formula is C15H16BrN3O2. The third-order valence-electron chi connectivity index (χ3n) is 2.89. The summed E-state index contributed by atoms with van der Waals surface area (Å²) in [4.78, 5) is 15.9. The summed E-state index contributed by atoms with van der Waals surface area (Å²) in [6, 6.07) is 9.01. The van der Waals surface area contributed by atoms with E-state index in [-0.39, 0.29) is 6.03 Å². The van der Waals surface area contributed by atoms with Crippen molar-refractivity contribution in [3.63, 3.8) is 0 Å². The maximum absolute atomic E-state index is 11.8. The zero-order valence-corrected chi connectivity index (χ0v) is 13.4. The Bertz CT molecular complexity index is 629. The van der Waals surface area contributed by atoms with E-state index in [0.717, 1.165) is 21.3 Å². The smallest absolute Gasteiger partial charge is 0.319 e. The monoisotopic (exact) mass is 349 g/mol. The second-order valence-corrected chi connectivity index (χ2v) is 5.33. The highest BCUT2D eigenvalue weighted by Crippen LogP contribution is 2.20. The molecule has 2 rings (SSSR count). The average Bonchev–Trinajstić information content (AvgIpc) is 2.49. The Morgan fingerprint density at radius 1 is 1.33 bits per heavy atom. The number of benzene rings is 1. The Kier molecular flexibility index (Phi) is 5.16. The number of anilines is 1. The van der Waals surface area contributed by atoms with Crippen molar-refractivity contribution >= 4 is 27.6 Å². The van der Waals surface area contributed by atoms with Crippen LogP contribution in [0.15, 0.2) is 41.0 Å². The van der Waals surface area contributed by atoms with Crippen LogP contribution in [0.4, 0.5) is 10.5 Å². The number of hydrogen-bond acceptors (Lipinski definition) is 3. The number of amides is 2. The highest BCUT2D eigenvalue weighted by Gasteiger charge is 2.04. The molecular weight excluding hydrogens is 334 g/mol. The van der Waals surface area contributed by atoms with Gasteiger partial charge in [-0.05, 0) is 30.2 Å². The van der Waals surface area contributed by atoms with Gasteiger partial charge in [0.1, 0.15) is 0 Å². The molecule has 0 spiro atoms. The number of rotatable bonds is 4. The SMILES string of the molecule is COc1ccc(CNC(=O)Nc2ccc(C)c(Br)c2)cn1. The predicted molar refractivity (Wildman–Crippen MR) is 85.5 cm³/mol. The molecule has 0 atom stereocenters. The minimum absolute atomic E-state index is 0.262. The molecule has 21 heavy (non-hydrogen) atoms. The fourth-order valence-corrected chi connectivity index (χ4v) is 2.04. The molecule has 0 aliphatic carbocycles. The summed E-state index contributed by atoms with van der Waals surface area (Å²) >= 11 is 3.43. The lowest BCUT2D eigenvalue weighted by molar-refractivity contribution is 0.251. The van der Waals surface area contributed by atoms with Crippen molar-refractivity contribution in [1.29, 1.82) is 0 Å². The first kappa shape index (κ1) is 15.3. The number of nitrogens with one attached hydrogen (secondary N) is 2. The number of aromatic nitrogens is 1. The standard InChI is InChI=1S/C15H16BrN3O2/c1-10-3-5-12(7-13(10)16)19-15(20)18-9-11-4-6-14(21-2)17-8-11/h3-8H,9H2,1-2H3,(H2,18,19,20). The number of carbonyl (C=O) groups is 1. The van der Waals surface area contributed by atoms with Gasteiger partial charge < -0.3 is 15.4 Å². The maximum Gasteiger partial charge on any atom is 0.319 e. The lowest BCUT2D eigenvalue weighted by atomic mass is 10.2. The molecule has 2 amide bonds. The van der Waals surface area contributed by atoms with E-state index in [0.29, 0.717) is 12.4 Å². The summed E-state index contributed by atoms with van der Waals surface area (Å²) in [5, 5.41) is 5.55. The molecule has 0 saturated carbocycles. The second-order valence-electron chi connectivity index (χ2n) is 4.48. The first-order chi connectivity index (χ1) is 10.1. The maximum atomic E-state index is 11.8. The lowest BCUT2D eigenvalue weighted by Crippen LogP contribution is -2.28. The van der Waals surface area contributed by atoms with Gasteiger partial charge in [0.15, 0.2) is 0 Å². The quantitative estimate of drug-likeness (QED) is 0.887. The molecule has 1 aromatic carbocycles. The van der Waals surface area contributed by atoms with Gasteiger partial charge in [0.2, 0.25) is 5.88 Å². The van der Waals surface area contributed by atoms with Gasteiger partial charge >= 0.3 is 6.03 Å². The first-order valence-electron chi connectivity index (χ1n) is 6.38. The van der Waals surface area contributed by atoms with Crippen molar-refractivity contribution in [3.8, 4) is 5.88 Å². The summed E-state index contributed by atoms with van der Waals surface area (Å²) in [5.41, 5.74) is 2.75. The summed E-state index contributed by atoms with van der Waals surface area (Å²) in [7, 11) is 1.56. The molecule has 0 bridgehead atoms. The molecule has 0 aliphatic heterocycles. The molecule has 0 aliphatic rings. The number of carbonyl (C=O) groups excluding carboxylic acids is 1. The van der Waals surface area contributed by atoms with Crippen molar-refractivity contribution in [2.75, 3.05) is 12.4 Å². The molecule has 1 aromatic heterocycles. The van der Waals surface area contributed by atoms with Crippen molar-refractivity contribution in [2.45, 2.75) is 13.5 Å². The zero-order chi connectivity index (χ0) is 15.2. The van der Waals surface area contributed by atoms with Crippen molar-refractivity contribution in [3.05, 3.63) is 52.1 Å². The van der Waals surface area contributed by atoms with Crippen molar-refractivity contribution in [1.82, 2.24) is 10.3 Å². The Hall–Kier alpha value is -2.08. The Morgan fingerprint density at radius 2 is 2.14 bits per heavy atom. The molecule has 0 fully saturated rings. The van der Waals surface area contributed by atoms with Crippen LogP contribution < -0.4 is 15.4 Å². The minimum atomic E-state index is -0.262. The van der Waals surface area contributed by atoms with E-state index in [9.17, 15) is 4.79 Å². The van der Waals surface area contributed by atoms with Crippen LogP contribution in [0.25, 0.3) is 0 Å². The third kappa shape index (κ3) is 4.46. The Balaban J connectivity index is 1.87. The van der Waals surface area contributed by atoms with Gasteiger partial charge in [-0.2, -0.15) is 0 Å². The molecule has 2 N–H and O–H groups in total. The van der Waals surface area contributed by atoms with Crippen LogP contribution in [0.1, 0.15) is 11.1 Å². The van der Waals surface area contributed by atoms with E-state index in [2.05, 4.69) is 31.5 Å². The lowest BCUT2D eigenvalue weighted by Gasteiger charge is -2.09. The molecule has 0 saturated heterocycles. The van der Waals surface area contributed by atoms with Gasteiger partial charge in [0.05, 0.1) is 7.11 Å². The van der Waals surface area contributed by atoms with Crippen LogP contribution in [0, 0.1) is 6.92 Å². The summed E-state index contributed by atoms with van der Waals surface area (Å²) in [6.45, 7) is 2.39. The number of urea groups is 1. The second kappa shape index (κ2) is 7.08. The van der Waals surface area contributed by atoms with Gasteiger partial charge in [-0.1, -0.05) is 28.1 Å². The highest BCUT2D eigenvalue weighted by atomic mass is 79.9. The number of pyridine rings is 1. The molecule has 110 valence electrons. The van der Waals surface area contributed by atoms with Gasteiger partial charge in [-0.3, -0.25) is 0 Å². The van der Waals surface area contributed by atoms with Crippen molar-refractivity contribution < 1.29 is 9.53 Å². The zero-order valence-electron chi connectivity index (χ0n) is 11.8. The number of ether oxygens (including phenoxy) is 1. The third-order valence-corrected chi connectivity index (χ3v) is 3.74. The van der Waals surface area contributed by atoms with E-state index >= 15 is 0 Å². The van der Waals surface area contributed by atoms with Gasteiger partial charge in [-0.25, -0.2) is 9.78 Å².